The molecular formula is C23H21N3O3. The molecule has 2 aromatic carbocycles. The Morgan fingerprint density at radius 2 is 1.72 bits per heavy atom. The van der Waals surface area contributed by atoms with Gasteiger partial charge >= 0.3 is 0 Å². The van der Waals surface area contributed by atoms with Crippen LogP contribution in [0.4, 0.5) is 0 Å². The van der Waals surface area contributed by atoms with E-state index in [1.165, 1.54) is 10.9 Å². The van der Waals surface area contributed by atoms with E-state index in [2.05, 4.69) is 10.1 Å². The standard InChI is InChI=1S/C23H21N3O3/c1-23(2)12-19(27)17(20(28)13-23)14-24-26-21(15-8-4-3-5-9-15)25-18-11-7-6-10-16(18)22(26)29/h3-11,14,27H,12-13H2,1-2H3. The lowest BCUT2D eigenvalue weighted by Crippen LogP contribution is -2.27. The van der Waals surface area contributed by atoms with E-state index < -0.39 is 0 Å². The molecule has 4 rings (SSSR count). The quantitative estimate of drug-likeness (QED) is 0.686. The van der Waals surface area contributed by atoms with Crippen LogP contribution in [0.3, 0.4) is 0 Å². The van der Waals surface area contributed by atoms with Crippen molar-refractivity contribution >= 4 is 22.9 Å². The number of rotatable bonds is 3. The molecule has 3 aromatic rings. The average molecular weight is 387 g/mol. The number of nitrogens with zero attached hydrogens (tertiary/aromatic N) is 3. The Labute approximate surface area is 167 Å². The Hall–Kier alpha value is -3.54. The first kappa shape index (κ1) is 18.8. The maximum Gasteiger partial charge on any atom is 0.282 e. The van der Waals surface area contributed by atoms with Gasteiger partial charge in [0, 0.05) is 18.4 Å². The summed E-state index contributed by atoms with van der Waals surface area (Å²) in [5.74, 6) is 0.179. The second-order valence-corrected chi connectivity index (χ2v) is 7.98. The summed E-state index contributed by atoms with van der Waals surface area (Å²) in [5, 5.41) is 15.1. The minimum absolute atomic E-state index is 0.00180. The van der Waals surface area contributed by atoms with E-state index in [-0.39, 0.29) is 28.1 Å². The second-order valence-electron chi connectivity index (χ2n) is 7.98. The second kappa shape index (κ2) is 7.13. The molecule has 1 heterocycles. The maximum absolute atomic E-state index is 13.1. The number of benzene rings is 2. The third kappa shape index (κ3) is 3.61. The smallest absolute Gasteiger partial charge is 0.282 e. The van der Waals surface area contributed by atoms with Gasteiger partial charge in [0.15, 0.2) is 11.6 Å². The molecule has 0 saturated heterocycles. The molecule has 0 radical (unpaired) electrons. The topological polar surface area (TPSA) is 84.5 Å². The molecule has 0 amide bonds. The normalized spacial score (nSPS) is 16.7. The van der Waals surface area contributed by atoms with E-state index in [4.69, 9.17) is 0 Å². The van der Waals surface area contributed by atoms with Crippen LogP contribution >= 0.6 is 0 Å². The first-order valence-electron chi connectivity index (χ1n) is 9.43. The number of aliphatic hydroxyl groups is 1. The molecule has 29 heavy (non-hydrogen) atoms. The first-order chi connectivity index (χ1) is 13.9. The van der Waals surface area contributed by atoms with Crippen molar-refractivity contribution in [3.63, 3.8) is 0 Å². The number of allylic oxidation sites excluding steroid dienone is 2. The highest BCUT2D eigenvalue weighted by Gasteiger charge is 2.32. The van der Waals surface area contributed by atoms with Crippen molar-refractivity contribution < 1.29 is 9.90 Å². The van der Waals surface area contributed by atoms with Crippen LogP contribution in [0.1, 0.15) is 26.7 Å². The number of ketones is 1. The molecule has 1 aromatic heterocycles. The van der Waals surface area contributed by atoms with Crippen molar-refractivity contribution in [2.45, 2.75) is 26.7 Å². The van der Waals surface area contributed by atoms with Gasteiger partial charge in [-0.1, -0.05) is 56.3 Å². The highest BCUT2D eigenvalue weighted by atomic mass is 16.3. The summed E-state index contributed by atoms with van der Waals surface area (Å²) in [6.45, 7) is 3.86. The van der Waals surface area contributed by atoms with Gasteiger partial charge in [-0.3, -0.25) is 9.59 Å². The summed E-state index contributed by atoms with van der Waals surface area (Å²) in [6.07, 6.45) is 1.97. The number of aromatic nitrogens is 2. The number of carbonyl (C=O) groups is 1. The van der Waals surface area contributed by atoms with E-state index in [1.54, 1.807) is 18.2 Å². The Morgan fingerprint density at radius 1 is 1.03 bits per heavy atom. The summed E-state index contributed by atoms with van der Waals surface area (Å²) in [5.41, 5.74) is 0.801. The SMILES string of the molecule is CC1(C)CC(=O)C(C=Nn2c(-c3ccccc3)nc3ccccc3c2=O)=C(O)C1. The molecule has 0 fully saturated rings. The van der Waals surface area contributed by atoms with Gasteiger partial charge in [-0.2, -0.15) is 9.78 Å². The third-order valence-electron chi connectivity index (χ3n) is 4.98. The summed E-state index contributed by atoms with van der Waals surface area (Å²) in [4.78, 5) is 30.2. The van der Waals surface area contributed by atoms with E-state index >= 15 is 0 Å². The number of hydrogen-bond donors (Lipinski definition) is 1. The molecule has 1 N–H and O–H groups in total. The fraction of sp³-hybridized carbons (Fsp3) is 0.217. The molecule has 0 bridgehead atoms. The molecule has 0 saturated carbocycles. The highest BCUT2D eigenvalue weighted by molar-refractivity contribution is 6.14. The number of fused-ring (bicyclic) bond motifs is 1. The van der Waals surface area contributed by atoms with Gasteiger partial charge in [0.1, 0.15) is 5.76 Å². The number of Topliss-reactive ketones (excluding diaryl/α,β-unsaturated/α-hetero) is 1. The first-order valence-corrected chi connectivity index (χ1v) is 9.43. The van der Waals surface area contributed by atoms with Crippen molar-refractivity contribution in [1.29, 1.82) is 0 Å². The minimum atomic E-state index is -0.339. The van der Waals surface area contributed by atoms with Gasteiger partial charge in [0.2, 0.25) is 0 Å². The van der Waals surface area contributed by atoms with Crippen LogP contribution in [0.25, 0.3) is 22.3 Å². The molecule has 1 aliphatic carbocycles. The minimum Gasteiger partial charge on any atom is -0.511 e. The Morgan fingerprint density at radius 3 is 2.45 bits per heavy atom. The van der Waals surface area contributed by atoms with Gasteiger partial charge in [0.05, 0.1) is 22.7 Å². The van der Waals surface area contributed by atoms with Crippen LogP contribution in [0.2, 0.25) is 0 Å². The zero-order chi connectivity index (χ0) is 20.6. The van der Waals surface area contributed by atoms with Crippen molar-refractivity contribution in [3.8, 4) is 11.4 Å². The Kier molecular flexibility index (Phi) is 4.62. The predicted octanol–water partition coefficient (Wildman–Crippen LogP) is 4.10. The van der Waals surface area contributed by atoms with Gasteiger partial charge in [0.25, 0.3) is 5.56 Å². The summed E-state index contributed by atoms with van der Waals surface area (Å²) >= 11 is 0. The molecule has 6 heteroatoms. The molecule has 0 unspecified atom stereocenters. The number of para-hydroxylation sites is 1. The molecule has 0 spiro atoms. The highest BCUT2D eigenvalue weighted by Crippen LogP contribution is 2.35. The van der Waals surface area contributed by atoms with Crippen LogP contribution in [0.15, 0.2) is 75.8 Å². The van der Waals surface area contributed by atoms with Gasteiger partial charge in [-0.15, -0.1) is 0 Å². The lowest BCUT2D eigenvalue weighted by molar-refractivity contribution is -0.117. The molecule has 146 valence electrons. The summed E-state index contributed by atoms with van der Waals surface area (Å²) < 4.78 is 1.19. The van der Waals surface area contributed by atoms with E-state index in [0.717, 1.165) is 5.56 Å². The van der Waals surface area contributed by atoms with Crippen LogP contribution in [0.5, 0.6) is 0 Å². The van der Waals surface area contributed by atoms with E-state index in [1.807, 2.05) is 50.2 Å². The summed E-state index contributed by atoms with van der Waals surface area (Å²) in [6, 6.07) is 16.3. The maximum atomic E-state index is 13.1. The largest absolute Gasteiger partial charge is 0.511 e. The average Bonchev–Trinajstić information content (AvgIpc) is 2.68. The Balaban J connectivity index is 1.89. The number of hydrogen-bond acceptors (Lipinski definition) is 5. The zero-order valence-corrected chi connectivity index (χ0v) is 16.3. The van der Waals surface area contributed by atoms with Crippen molar-refractivity contribution in [1.82, 2.24) is 9.66 Å². The number of aliphatic hydroxyl groups excluding tert-OH is 1. The van der Waals surface area contributed by atoms with Gasteiger partial charge < -0.3 is 5.11 Å². The van der Waals surface area contributed by atoms with Gasteiger partial charge in [-0.25, -0.2) is 4.98 Å². The lowest BCUT2D eigenvalue weighted by atomic mass is 9.77. The molecule has 0 aliphatic heterocycles. The van der Waals surface area contributed by atoms with Crippen molar-refractivity contribution in [2.75, 3.05) is 0 Å². The summed E-state index contributed by atoms with van der Waals surface area (Å²) in [7, 11) is 0. The van der Waals surface area contributed by atoms with E-state index in [0.29, 0.717) is 29.6 Å². The van der Waals surface area contributed by atoms with E-state index in [9.17, 15) is 14.7 Å². The van der Waals surface area contributed by atoms with Gasteiger partial charge in [-0.05, 0) is 17.5 Å². The third-order valence-corrected chi connectivity index (χ3v) is 4.98. The fourth-order valence-corrected chi connectivity index (χ4v) is 3.57. The molecular weight excluding hydrogens is 366 g/mol. The van der Waals surface area contributed by atoms with Crippen molar-refractivity contribution in [2.24, 2.45) is 10.5 Å². The monoisotopic (exact) mass is 387 g/mol. The van der Waals surface area contributed by atoms with Crippen LogP contribution < -0.4 is 5.56 Å². The van der Waals surface area contributed by atoms with Crippen LogP contribution in [-0.2, 0) is 4.79 Å². The lowest BCUT2D eigenvalue weighted by Gasteiger charge is -2.28. The van der Waals surface area contributed by atoms with Crippen LogP contribution in [0, 0.1) is 5.41 Å². The fourth-order valence-electron chi connectivity index (χ4n) is 3.57. The van der Waals surface area contributed by atoms with Crippen molar-refractivity contribution in [3.05, 3.63) is 76.3 Å². The zero-order valence-electron chi connectivity index (χ0n) is 16.3. The molecule has 0 atom stereocenters. The molecule has 1 aliphatic rings. The predicted molar refractivity (Wildman–Crippen MR) is 113 cm³/mol. The van der Waals surface area contributed by atoms with Crippen LogP contribution in [-0.4, -0.2) is 26.8 Å². The Bertz CT molecular complexity index is 1220. The number of carbonyl (C=O) groups excluding carboxylic acids is 1. The molecule has 6 nitrogen and oxygen atoms in total.